The van der Waals surface area contributed by atoms with Gasteiger partial charge in [0.2, 0.25) is 0 Å². The van der Waals surface area contributed by atoms with E-state index in [1.807, 2.05) is 12.3 Å². The second-order valence-electron chi connectivity index (χ2n) is 3.98. The molecule has 1 aliphatic heterocycles. The molecule has 2 unspecified atom stereocenters. The molecular weight excluding hydrogens is 176 g/mol. The summed E-state index contributed by atoms with van der Waals surface area (Å²) >= 11 is 0. The van der Waals surface area contributed by atoms with E-state index in [0.717, 1.165) is 19.3 Å². The number of nitriles is 1. The number of ether oxygens (including phenoxy) is 1. The normalized spacial score (nSPS) is 33.5. The van der Waals surface area contributed by atoms with Crippen molar-refractivity contribution in [2.75, 3.05) is 0 Å². The van der Waals surface area contributed by atoms with Gasteiger partial charge in [0.05, 0.1) is 6.07 Å². The number of epoxide rings is 1. The van der Waals surface area contributed by atoms with Gasteiger partial charge in [-0.25, -0.2) is 0 Å². The summed E-state index contributed by atoms with van der Waals surface area (Å²) in [4.78, 5) is 4.32. The van der Waals surface area contributed by atoms with Crippen molar-refractivity contribution in [3.63, 3.8) is 0 Å². The zero-order valence-corrected chi connectivity index (χ0v) is 7.73. The quantitative estimate of drug-likeness (QED) is 0.572. The Labute approximate surface area is 82.3 Å². The van der Waals surface area contributed by atoms with Crippen LogP contribution in [0.3, 0.4) is 0 Å². The van der Waals surface area contributed by atoms with Crippen molar-refractivity contribution in [1.82, 2.24) is 4.98 Å². The first-order valence-electron chi connectivity index (χ1n) is 4.84. The van der Waals surface area contributed by atoms with Gasteiger partial charge in [0.25, 0.3) is 0 Å². The first-order chi connectivity index (χ1) is 6.84. The van der Waals surface area contributed by atoms with Crippen LogP contribution >= 0.6 is 0 Å². The van der Waals surface area contributed by atoms with Gasteiger partial charge in [-0.3, -0.25) is 4.98 Å². The summed E-state index contributed by atoms with van der Waals surface area (Å²) in [6.45, 7) is 0. The Kier molecular flexibility index (Phi) is 1.45. The molecule has 1 saturated heterocycles. The van der Waals surface area contributed by atoms with Crippen LogP contribution in [0, 0.1) is 11.3 Å². The van der Waals surface area contributed by atoms with Crippen LogP contribution in [0.25, 0.3) is 0 Å². The van der Waals surface area contributed by atoms with Crippen LogP contribution in [0.1, 0.15) is 17.7 Å². The fourth-order valence-electron chi connectivity index (χ4n) is 2.27. The average Bonchev–Trinajstić information content (AvgIpc) is 2.91. The summed E-state index contributed by atoms with van der Waals surface area (Å²) in [5.41, 5.74) is 2.26. The van der Waals surface area contributed by atoms with Gasteiger partial charge in [0, 0.05) is 18.3 Å². The molecule has 0 aromatic carbocycles. The second-order valence-corrected chi connectivity index (χ2v) is 3.98. The number of aromatic nitrogens is 1. The molecule has 0 radical (unpaired) electrons. The van der Waals surface area contributed by atoms with E-state index < -0.39 is 0 Å². The lowest BCUT2D eigenvalue weighted by Crippen LogP contribution is -2.25. The van der Waals surface area contributed by atoms with Gasteiger partial charge in [-0.15, -0.1) is 0 Å². The third-order valence-electron chi connectivity index (χ3n) is 3.15. The molecule has 0 bridgehead atoms. The maximum absolute atomic E-state index is 8.78. The predicted octanol–water partition coefficient (Wildman–Crippen LogP) is 1.23. The van der Waals surface area contributed by atoms with Crippen LogP contribution in [-0.2, 0) is 17.6 Å². The monoisotopic (exact) mass is 186 g/mol. The molecular formula is C11H10N2O. The highest BCUT2D eigenvalue weighted by molar-refractivity contribution is 5.31. The number of pyridine rings is 1. The van der Waals surface area contributed by atoms with Gasteiger partial charge in [0.1, 0.15) is 5.60 Å². The Morgan fingerprint density at radius 3 is 3.36 bits per heavy atom. The summed E-state index contributed by atoms with van der Waals surface area (Å²) in [6, 6.07) is 6.22. The van der Waals surface area contributed by atoms with E-state index in [1.165, 1.54) is 11.3 Å². The predicted molar refractivity (Wildman–Crippen MR) is 49.5 cm³/mol. The molecule has 14 heavy (non-hydrogen) atoms. The Morgan fingerprint density at radius 1 is 1.64 bits per heavy atom. The highest BCUT2D eigenvalue weighted by Crippen LogP contribution is 2.46. The van der Waals surface area contributed by atoms with E-state index >= 15 is 0 Å². The van der Waals surface area contributed by atoms with E-state index in [2.05, 4.69) is 17.1 Å². The van der Waals surface area contributed by atoms with Gasteiger partial charge < -0.3 is 4.74 Å². The van der Waals surface area contributed by atoms with Crippen LogP contribution in [0.5, 0.6) is 0 Å². The van der Waals surface area contributed by atoms with Crippen LogP contribution in [-0.4, -0.2) is 16.7 Å². The van der Waals surface area contributed by atoms with Crippen LogP contribution in [0.15, 0.2) is 18.3 Å². The van der Waals surface area contributed by atoms with Gasteiger partial charge in [-0.1, -0.05) is 6.07 Å². The fourth-order valence-corrected chi connectivity index (χ4v) is 2.27. The third-order valence-corrected chi connectivity index (χ3v) is 3.15. The molecule has 2 atom stereocenters. The fraction of sp³-hybridized carbons (Fsp3) is 0.455. The van der Waals surface area contributed by atoms with Crippen molar-refractivity contribution in [3.05, 3.63) is 29.6 Å². The maximum atomic E-state index is 8.78. The summed E-state index contributed by atoms with van der Waals surface area (Å²) in [5, 5.41) is 8.78. The lowest BCUT2D eigenvalue weighted by Gasteiger charge is -2.20. The molecule has 1 aromatic rings. The minimum Gasteiger partial charge on any atom is -0.350 e. The first-order valence-corrected chi connectivity index (χ1v) is 4.84. The number of fused-ring (bicyclic) bond motifs is 1. The van der Waals surface area contributed by atoms with Crippen LogP contribution in [0.4, 0.5) is 0 Å². The average molecular weight is 186 g/mol. The summed E-state index contributed by atoms with van der Waals surface area (Å²) < 4.78 is 5.46. The van der Waals surface area contributed by atoms with Crippen molar-refractivity contribution in [2.24, 2.45) is 0 Å². The van der Waals surface area contributed by atoms with Crippen LogP contribution in [0.2, 0.25) is 0 Å². The molecule has 2 heterocycles. The van der Waals surface area contributed by atoms with Gasteiger partial charge in [0.15, 0.2) is 6.10 Å². The Hall–Kier alpha value is -1.40. The van der Waals surface area contributed by atoms with Crippen molar-refractivity contribution in [3.8, 4) is 6.07 Å². The molecule has 1 fully saturated rings. The maximum Gasteiger partial charge on any atom is 0.174 e. The van der Waals surface area contributed by atoms with Gasteiger partial charge in [-0.05, 0) is 24.5 Å². The highest BCUT2D eigenvalue weighted by Gasteiger charge is 2.57. The van der Waals surface area contributed by atoms with E-state index in [4.69, 9.17) is 10.00 Å². The molecule has 0 saturated carbocycles. The van der Waals surface area contributed by atoms with E-state index in [9.17, 15) is 0 Å². The SMILES string of the molecule is N#CC1OC12CCc1ncccc1C2. The summed E-state index contributed by atoms with van der Waals surface area (Å²) in [6.07, 6.45) is 4.38. The van der Waals surface area contributed by atoms with E-state index in [-0.39, 0.29) is 11.7 Å². The van der Waals surface area contributed by atoms with Gasteiger partial charge >= 0.3 is 0 Å². The standard InChI is InChI=1S/C11H10N2O/c12-7-10-11(14-10)4-3-9-8(6-11)2-1-5-13-9/h1-2,5,10H,3-4,6H2. The van der Waals surface area contributed by atoms with E-state index in [1.54, 1.807) is 0 Å². The lowest BCUT2D eigenvalue weighted by atomic mass is 9.84. The number of rotatable bonds is 0. The largest absolute Gasteiger partial charge is 0.350 e. The molecule has 0 N–H and O–H groups in total. The molecule has 1 aromatic heterocycles. The Morgan fingerprint density at radius 2 is 2.57 bits per heavy atom. The number of aryl methyl sites for hydroxylation is 1. The molecule has 2 aliphatic rings. The Bertz CT molecular complexity index is 424. The first kappa shape index (κ1) is 7.95. The van der Waals surface area contributed by atoms with Crippen molar-refractivity contribution < 1.29 is 4.74 Å². The second kappa shape index (κ2) is 2.55. The molecule has 70 valence electrons. The molecule has 3 rings (SSSR count). The zero-order valence-electron chi connectivity index (χ0n) is 7.73. The number of hydrogen-bond acceptors (Lipinski definition) is 3. The summed E-state index contributed by atoms with van der Waals surface area (Å²) in [7, 11) is 0. The third kappa shape index (κ3) is 0.978. The number of nitrogens with zero attached hydrogens (tertiary/aromatic N) is 2. The zero-order chi connectivity index (χ0) is 9.60. The molecule has 0 amide bonds. The van der Waals surface area contributed by atoms with Gasteiger partial charge in [-0.2, -0.15) is 5.26 Å². The minimum atomic E-state index is -0.184. The van der Waals surface area contributed by atoms with Crippen molar-refractivity contribution >= 4 is 0 Å². The minimum absolute atomic E-state index is 0.162. The number of hydrogen-bond donors (Lipinski definition) is 0. The van der Waals surface area contributed by atoms with Crippen molar-refractivity contribution in [2.45, 2.75) is 31.0 Å². The van der Waals surface area contributed by atoms with E-state index in [0.29, 0.717) is 0 Å². The molecule has 3 nitrogen and oxygen atoms in total. The van der Waals surface area contributed by atoms with Crippen LogP contribution < -0.4 is 0 Å². The van der Waals surface area contributed by atoms with Crippen molar-refractivity contribution in [1.29, 1.82) is 5.26 Å². The smallest absolute Gasteiger partial charge is 0.174 e. The molecule has 3 heteroatoms. The summed E-state index contributed by atoms with van der Waals surface area (Å²) in [5.74, 6) is 0. The lowest BCUT2D eigenvalue weighted by molar-refractivity contribution is 0.273. The highest BCUT2D eigenvalue weighted by atomic mass is 16.6. The Balaban J connectivity index is 1.92. The molecule has 1 aliphatic carbocycles. The molecule has 1 spiro atoms. The topological polar surface area (TPSA) is 49.2 Å².